The van der Waals surface area contributed by atoms with Gasteiger partial charge in [0, 0.05) is 5.92 Å². The van der Waals surface area contributed by atoms with E-state index in [1.54, 1.807) is 0 Å². The van der Waals surface area contributed by atoms with Gasteiger partial charge in [-0.25, -0.2) is 0 Å². The summed E-state index contributed by atoms with van der Waals surface area (Å²) >= 11 is 3.91. The Kier molecular flexibility index (Phi) is 2.81. The Morgan fingerprint density at radius 2 is 2.18 bits per heavy atom. The molecule has 0 aromatic carbocycles. The molecule has 2 aliphatic carbocycles. The molecular formula is C12H16O4S. The van der Waals surface area contributed by atoms with Crippen LogP contribution in [0, 0.1) is 17.8 Å². The Balaban J connectivity index is 1.82. The van der Waals surface area contributed by atoms with Crippen molar-refractivity contribution < 1.29 is 19.1 Å². The number of thiol groups is 1. The highest BCUT2D eigenvalue weighted by molar-refractivity contribution is 7.81. The van der Waals surface area contributed by atoms with Gasteiger partial charge in [-0.1, -0.05) is 0 Å². The lowest BCUT2D eigenvalue weighted by atomic mass is 9.67. The van der Waals surface area contributed by atoms with E-state index in [1.807, 2.05) is 0 Å². The Labute approximate surface area is 105 Å². The maximum Gasteiger partial charge on any atom is 0.316 e. The first-order valence-electron chi connectivity index (χ1n) is 6.18. The molecule has 2 saturated carbocycles. The highest BCUT2D eigenvalue weighted by atomic mass is 32.1. The van der Waals surface area contributed by atoms with Crippen molar-refractivity contribution in [1.29, 1.82) is 0 Å². The minimum atomic E-state index is -0.318. The SMILES string of the molecule is O=C(CS)OC1C2CC3CC(C2)C(=O)OC1C3. The zero-order valence-electron chi connectivity index (χ0n) is 9.50. The summed E-state index contributed by atoms with van der Waals surface area (Å²) in [7, 11) is 0. The lowest BCUT2D eigenvalue weighted by molar-refractivity contribution is -0.170. The molecule has 5 heteroatoms. The third-order valence-electron chi connectivity index (χ3n) is 4.24. The van der Waals surface area contributed by atoms with E-state index >= 15 is 0 Å². The van der Waals surface area contributed by atoms with Gasteiger partial charge in [0.1, 0.15) is 12.2 Å². The van der Waals surface area contributed by atoms with Crippen molar-refractivity contribution >= 4 is 24.6 Å². The van der Waals surface area contributed by atoms with E-state index in [2.05, 4.69) is 12.6 Å². The van der Waals surface area contributed by atoms with E-state index in [0.29, 0.717) is 11.8 Å². The van der Waals surface area contributed by atoms with E-state index in [4.69, 9.17) is 9.47 Å². The zero-order chi connectivity index (χ0) is 12.0. The quantitative estimate of drug-likeness (QED) is 0.595. The molecule has 0 spiro atoms. The van der Waals surface area contributed by atoms with Crippen molar-refractivity contribution in [2.24, 2.45) is 17.8 Å². The molecule has 2 aliphatic heterocycles. The summed E-state index contributed by atoms with van der Waals surface area (Å²) in [5, 5.41) is 0. The molecule has 5 atom stereocenters. The van der Waals surface area contributed by atoms with Gasteiger partial charge in [-0.3, -0.25) is 9.59 Å². The summed E-state index contributed by atoms with van der Waals surface area (Å²) in [5.74, 6) is 0.572. The molecule has 0 aromatic rings. The number of esters is 2. The summed E-state index contributed by atoms with van der Waals surface area (Å²) in [4.78, 5) is 23.1. The number of carbonyl (C=O) groups excluding carboxylic acids is 2. The Morgan fingerprint density at radius 3 is 2.94 bits per heavy atom. The molecule has 0 radical (unpaired) electrons. The molecular weight excluding hydrogens is 240 g/mol. The number of hydrogen-bond donors (Lipinski definition) is 1. The number of rotatable bonds is 2. The molecule has 4 nitrogen and oxygen atoms in total. The standard InChI is InChI=1S/C12H16O4S/c13-10(5-17)16-11-7-1-6-2-8(4-7)12(14)15-9(11)3-6/h6-9,11,17H,1-5H2. The third kappa shape index (κ3) is 1.94. The second-order valence-electron chi connectivity index (χ2n) is 5.35. The maximum absolute atomic E-state index is 11.8. The van der Waals surface area contributed by atoms with Crippen molar-refractivity contribution in [3.63, 3.8) is 0 Å². The average molecular weight is 256 g/mol. The molecule has 17 heavy (non-hydrogen) atoms. The van der Waals surface area contributed by atoms with Crippen molar-refractivity contribution in [3.8, 4) is 0 Å². The fourth-order valence-corrected chi connectivity index (χ4v) is 3.70. The first-order valence-corrected chi connectivity index (χ1v) is 6.81. The minimum Gasteiger partial charge on any atom is -0.458 e. The number of carbonyl (C=O) groups is 2. The van der Waals surface area contributed by atoms with Gasteiger partial charge in [0.05, 0.1) is 11.7 Å². The van der Waals surface area contributed by atoms with Crippen LogP contribution in [0.5, 0.6) is 0 Å². The van der Waals surface area contributed by atoms with Crippen LogP contribution in [0.15, 0.2) is 0 Å². The lowest BCUT2D eigenvalue weighted by Crippen LogP contribution is -2.45. The van der Waals surface area contributed by atoms with Gasteiger partial charge >= 0.3 is 11.9 Å². The minimum absolute atomic E-state index is 0.0310. The number of ether oxygens (including phenoxy) is 2. The van der Waals surface area contributed by atoms with Crippen molar-refractivity contribution in [2.45, 2.75) is 37.9 Å². The molecule has 4 bridgehead atoms. The second kappa shape index (κ2) is 4.19. The molecule has 0 amide bonds. The summed E-state index contributed by atoms with van der Waals surface area (Å²) < 4.78 is 10.9. The van der Waals surface area contributed by atoms with E-state index < -0.39 is 0 Å². The number of hydrogen-bond acceptors (Lipinski definition) is 5. The van der Waals surface area contributed by atoms with Gasteiger partial charge in [0.25, 0.3) is 0 Å². The molecule has 4 aliphatic rings. The van der Waals surface area contributed by atoms with Crippen molar-refractivity contribution in [2.75, 3.05) is 5.75 Å². The monoisotopic (exact) mass is 256 g/mol. The van der Waals surface area contributed by atoms with Crippen LogP contribution in [0.2, 0.25) is 0 Å². The molecule has 2 saturated heterocycles. The summed E-state index contributed by atoms with van der Waals surface area (Å²) in [5.41, 5.74) is 0. The Morgan fingerprint density at radius 1 is 1.35 bits per heavy atom. The fraction of sp³-hybridized carbons (Fsp3) is 0.833. The predicted molar refractivity (Wildman–Crippen MR) is 62.6 cm³/mol. The van der Waals surface area contributed by atoms with Gasteiger partial charge in [0.15, 0.2) is 0 Å². The van der Waals surface area contributed by atoms with Crippen LogP contribution in [0.25, 0.3) is 0 Å². The summed E-state index contributed by atoms with van der Waals surface area (Å²) in [6, 6.07) is 0. The topological polar surface area (TPSA) is 52.6 Å². The van der Waals surface area contributed by atoms with Crippen molar-refractivity contribution in [1.82, 2.24) is 0 Å². The van der Waals surface area contributed by atoms with Crippen LogP contribution in [0.4, 0.5) is 0 Å². The Hall–Kier alpha value is -0.710. The normalized spacial score (nSPS) is 43.1. The molecule has 5 unspecified atom stereocenters. The van der Waals surface area contributed by atoms with Crippen LogP contribution in [0.3, 0.4) is 0 Å². The molecule has 2 heterocycles. The van der Waals surface area contributed by atoms with Crippen LogP contribution >= 0.6 is 12.6 Å². The second-order valence-corrected chi connectivity index (χ2v) is 5.67. The van der Waals surface area contributed by atoms with E-state index in [1.165, 1.54) is 0 Å². The van der Waals surface area contributed by atoms with Crippen LogP contribution in [-0.4, -0.2) is 29.9 Å². The van der Waals surface area contributed by atoms with Gasteiger partial charge in [0.2, 0.25) is 0 Å². The summed E-state index contributed by atoms with van der Waals surface area (Å²) in [6.45, 7) is 0. The van der Waals surface area contributed by atoms with Gasteiger partial charge in [-0.05, 0) is 31.6 Å². The number of fused-ring (bicyclic) bond motifs is 1. The largest absolute Gasteiger partial charge is 0.458 e. The van der Waals surface area contributed by atoms with Crippen LogP contribution in [0.1, 0.15) is 25.7 Å². The van der Waals surface area contributed by atoms with E-state index in [9.17, 15) is 9.59 Å². The van der Waals surface area contributed by atoms with Gasteiger partial charge in [-0.15, -0.1) is 0 Å². The third-order valence-corrected chi connectivity index (χ3v) is 4.49. The van der Waals surface area contributed by atoms with Gasteiger partial charge in [-0.2, -0.15) is 12.6 Å². The summed E-state index contributed by atoms with van der Waals surface area (Å²) in [6.07, 6.45) is 3.23. The molecule has 4 rings (SSSR count). The molecule has 0 aromatic heterocycles. The van der Waals surface area contributed by atoms with E-state index in [0.717, 1.165) is 25.7 Å². The first kappa shape index (κ1) is 11.4. The smallest absolute Gasteiger partial charge is 0.316 e. The molecule has 4 fully saturated rings. The van der Waals surface area contributed by atoms with Crippen LogP contribution < -0.4 is 0 Å². The van der Waals surface area contributed by atoms with Gasteiger partial charge < -0.3 is 9.47 Å². The van der Waals surface area contributed by atoms with Crippen molar-refractivity contribution in [3.05, 3.63) is 0 Å². The van der Waals surface area contributed by atoms with Crippen LogP contribution in [-0.2, 0) is 19.1 Å². The predicted octanol–water partition coefficient (Wildman–Crippen LogP) is 1.19. The lowest BCUT2D eigenvalue weighted by Gasteiger charge is -2.41. The highest BCUT2D eigenvalue weighted by Crippen LogP contribution is 2.48. The fourth-order valence-electron chi connectivity index (χ4n) is 3.63. The molecule has 94 valence electrons. The maximum atomic E-state index is 11.8. The Bertz CT molecular complexity index is 356. The highest BCUT2D eigenvalue weighted by Gasteiger charge is 2.51. The van der Waals surface area contributed by atoms with E-state index in [-0.39, 0.29) is 35.8 Å². The zero-order valence-corrected chi connectivity index (χ0v) is 10.4. The first-order chi connectivity index (χ1) is 8.17. The average Bonchev–Trinajstić information content (AvgIpc) is 2.47. The molecule has 0 N–H and O–H groups in total.